The predicted molar refractivity (Wildman–Crippen MR) is 73.1 cm³/mol. The Kier molecular flexibility index (Phi) is 3.89. The first kappa shape index (κ1) is 12.6. The van der Waals surface area contributed by atoms with Crippen LogP contribution in [0.15, 0.2) is 0 Å². The lowest BCUT2D eigenvalue weighted by atomic mass is 10.0. The third-order valence-electron chi connectivity index (χ3n) is 3.09. The van der Waals surface area contributed by atoms with Crippen molar-refractivity contribution in [2.45, 2.75) is 44.8 Å². The molecule has 1 fully saturated rings. The van der Waals surface area contributed by atoms with E-state index in [1.807, 2.05) is 18.7 Å². The Morgan fingerprint density at radius 3 is 2.71 bits per heavy atom. The van der Waals surface area contributed by atoms with Crippen LogP contribution in [-0.4, -0.2) is 15.7 Å². The highest BCUT2D eigenvalue weighted by Gasteiger charge is 2.23. The molecule has 1 aromatic rings. The highest BCUT2D eigenvalue weighted by atomic mass is 32.2. The summed E-state index contributed by atoms with van der Waals surface area (Å²) in [5, 5.41) is 0.446. The predicted octanol–water partition coefficient (Wildman–Crippen LogP) is 2.76. The van der Waals surface area contributed by atoms with E-state index in [-0.39, 0.29) is 0 Å². The normalized spacial score (nSPS) is 19.9. The van der Waals surface area contributed by atoms with Crippen molar-refractivity contribution in [2.75, 3.05) is 11.2 Å². The SMILES string of the molecule is Cc1nc(C2CCCS2)nc(NN)c1C(C)C. The monoisotopic (exact) mass is 252 g/mol. The van der Waals surface area contributed by atoms with Gasteiger partial charge in [-0.25, -0.2) is 15.8 Å². The maximum absolute atomic E-state index is 5.58. The van der Waals surface area contributed by atoms with E-state index in [0.29, 0.717) is 11.2 Å². The molecular weight excluding hydrogens is 232 g/mol. The van der Waals surface area contributed by atoms with Gasteiger partial charge in [-0.3, -0.25) is 0 Å². The fourth-order valence-corrected chi connectivity index (χ4v) is 3.54. The average Bonchev–Trinajstić information content (AvgIpc) is 2.80. The molecule has 1 aliphatic rings. The number of nitrogens with two attached hydrogens (primary N) is 1. The summed E-state index contributed by atoms with van der Waals surface area (Å²) in [6, 6.07) is 0. The lowest BCUT2D eigenvalue weighted by Gasteiger charge is -2.17. The fraction of sp³-hybridized carbons (Fsp3) is 0.667. The standard InChI is InChI=1S/C12H20N4S/c1-7(2)10-8(3)14-11(15-12(10)16-13)9-5-4-6-17-9/h7,9H,4-6,13H2,1-3H3,(H,14,15,16). The van der Waals surface area contributed by atoms with Crippen LogP contribution in [0.4, 0.5) is 5.82 Å². The molecule has 1 unspecified atom stereocenters. The highest BCUT2D eigenvalue weighted by Crippen LogP contribution is 2.39. The van der Waals surface area contributed by atoms with E-state index in [0.717, 1.165) is 22.9 Å². The second-order valence-corrected chi connectivity index (χ2v) is 6.04. The molecule has 0 bridgehead atoms. The minimum atomic E-state index is 0.381. The minimum absolute atomic E-state index is 0.381. The lowest BCUT2D eigenvalue weighted by molar-refractivity contribution is 0.752. The van der Waals surface area contributed by atoms with Gasteiger partial charge < -0.3 is 5.43 Å². The maximum atomic E-state index is 5.58. The first-order valence-corrected chi connectivity index (χ1v) is 7.15. The van der Waals surface area contributed by atoms with E-state index in [1.54, 1.807) is 0 Å². The lowest BCUT2D eigenvalue weighted by Crippen LogP contribution is -2.16. The number of thioether (sulfide) groups is 1. The summed E-state index contributed by atoms with van der Waals surface area (Å²) in [4.78, 5) is 9.24. The van der Waals surface area contributed by atoms with Crippen LogP contribution in [0.1, 0.15) is 54.9 Å². The Morgan fingerprint density at radius 2 is 2.18 bits per heavy atom. The molecule has 1 aliphatic heterocycles. The van der Waals surface area contributed by atoms with Gasteiger partial charge in [0.2, 0.25) is 0 Å². The molecule has 1 aromatic heterocycles. The second kappa shape index (κ2) is 5.23. The van der Waals surface area contributed by atoms with Crippen LogP contribution < -0.4 is 11.3 Å². The Bertz CT molecular complexity index is 400. The molecule has 1 atom stereocenters. The van der Waals surface area contributed by atoms with E-state index < -0.39 is 0 Å². The first-order valence-electron chi connectivity index (χ1n) is 6.10. The van der Waals surface area contributed by atoms with Crippen molar-refractivity contribution >= 4 is 17.6 Å². The van der Waals surface area contributed by atoms with Crippen molar-refractivity contribution in [3.8, 4) is 0 Å². The topological polar surface area (TPSA) is 63.8 Å². The Morgan fingerprint density at radius 1 is 1.41 bits per heavy atom. The molecule has 5 heteroatoms. The summed E-state index contributed by atoms with van der Waals surface area (Å²) in [6.07, 6.45) is 2.43. The van der Waals surface area contributed by atoms with E-state index in [4.69, 9.17) is 5.84 Å². The number of rotatable bonds is 3. The molecule has 0 amide bonds. The molecule has 2 rings (SSSR count). The molecule has 2 heterocycles. The highest BCUT2D eigenvalue weighted by molar-refractivity contribution is 7.99. The summed E-state index contributed by atoms with van der Waals surface area (Å²) in [7, 11) is 0. The first-order chi connectivity index (χ1) is 8.13. The van der Waals surface area contributed by atoms with Crippen molar-refractivity contribution in [1.82, 2.24) is 9.97 Å². The molecule has 3 N–H and O–H groups in total. The number of nitrogens with zero attached hydrogens (tertiary/aromatic N) is 2. The molecule has 94 valence electrons. The number of hydrazine groups is 1. The van der Waals surface area contributed by atoms with Crippen molar-refractivity contribution in [1.29, 1.82) is 0 Å². The molecular formula is C12H20N4S. The van der Waals surface area contributed by atoms with Crippen LogP contribution in [0.2, 0.25) is 0 Å². The Balaban J connectivity index is 2.40. The van der Waals surface area contributed by atoms with Gasteiger partial charge in [-0.1, -0.05) is 13.8 Å². The molecule has 0 spiro atoms. The second-order valence-electron chi connectivity index (χ2n) is 4.73. The largest absolute Gasteiger partial charge is 0.308 e. The quantitative estimate of drug-likeness (QED) is 0.639. The maximum Gasteiger partial charge on any atom is 0.147 e. The smallest absolute Gasteiger partial charge is 0.147 e. The zero-order chi connectivity index (χ0) is 12.4. The molecule has 0 aromatic carbocycles. The van der Waals surface area contributed by atoms with Crippen LogP contribution in [0.5, 0.6) is 0 Å². The van der Waals surface area contributed by atoms with Crippen LogP contribution in [0.25, 0.3) is 0 Å². The third-order valence-corrected chi connectivity index (χ3v) is 4.46. The number of aryl methyl sites for hydroxylation is 1. The summed E-state index contributed by atoms with van der Waals surface area (Å²) in [6.45, 7) is 6.31. The Labute approximate surface area is 107 Å². The van der Waals surface area contributed by atoms with E-state index in [2.05, 4.69) is 29.2 Å². The molecule has 0 radical (unpaired) electrons. The molecule has 4 nitrogen and oxygen atoms in total. The van der Waals surface area contributed by atoms with E-state index in [9.17, 15) is 0 Å². The van der Waals surface area contributed by atoms with Gasteiger partial charge in [0.05, 0.1) is 5.25 Å². The van der Waals surface area contributed by atoms with Crippen LogP contribution in [0, 0.1) is 6.92 Å². The fourth-order valence-electron chi connectivity index (χ4n) is 2.33. The number of nitrogens with one attached hydrogen (secondary N) is 1. The van der Waals surface area contributed by atoms with Gasteiger partial charge in [-0.15, -0.1) is 0 Å². The summed E-state index contributed by atoms with van der Waals surface area (Å²) in [5.41, 5.74) is 4.89. The number of anilines is 1. The summed E-state index contributed by atoms with van der Waals surface area (Å²) in [5.74, 6) is 8.89. The molecule has 17 heavy (non-hydrogen) atoms. The van der Waals surface area contributed by atoms with Gasteiger partial charge in [0.25, 0.3) is 0 Å². The summed E-state index contributed by atoms with van der Waals surface area (Å²) < 4.78 is 0. The molecule has 0 saturated carbocycles. The van der Waals surface area contributed by atoms with Gasteiger partial charge >= 0.3 is 0 Å². The molecule has 1 saturated heterocycles. The van der Waals surface area contributed by atoms with Gasteiger partial charge in [0.1, 0.15) is 11.6 Å². The van der Waals surface area contributed by atoms with Crippen LogP contribution >= 0.6 is 11.8 Å². The van der Waals surface area contributed by atoms with Gasteiger partial charge in [-0.2, -0.15) is 11.8 Å². The van der Waals surface area contributed by atoms with Gasteiger partial charge in [-0.05, 0) is 31.4 Å². The summed E-state index contributed by atoms with van der Waals surface area (Å²) >= 11 is 1.94. The zero-order valence-electron chi connectivity index (χ0n) is 10.7. The van der Waals surface area contributed by atoms with Crippen LogP contribution in [0.3, 0.4) is 0 Å². The Hall–Kier alpha value is -0.810. The van der Waals surface area contributed by atoms with Crippen LogP contribution in [-0.2, 0) is 0 Å². The number of aromatic nitrogens is 2. The van der Waals surface area contributed by atoms with E-state index in [1.165, 1.54) is 18.6 Å². The minimum Gasteiger partial charge on any atom is -0.308 e. The number of hydrogen-bond acceptors (Lipinski definition) is 5. The van der Waals surface area contributed by atoms with E-state index >= 15 is 0 Å². The third kappa shape index (κ3) is 2.55. The number of nitrogen functional groups attached to an aromatic ring is 1. The van der Waals surface area contributed by atoms with Crippen molar-refractivity contribution in [3.05, 3.63) is 17.1 Å². The number of hydrogen-bond donors (Lipinski definition) is 2. The average molecular weight is 252 g/mol. The van der Waals surface area contributed by atoms with Crippen molar-refractivity contribution in [3.63, 3.8) is 0 Å². The van der Waals surface area contributed by atoms with Gasteiger partial charge in [0, 0.05) is 11.3 Å². The molecule has 0 aliphatic carbocycles. The zero-order valence-corrected chi connectivity index (χ0v) is 11.5. The van der Waals surface area contributed by atoms with Gasteiger partial charge in [0.15, 0.2) is 0 Å². The van der Waals surface area contributed by atoms with Crippen molar-refractivity contribution in [2.24, 2.45) is 5.84 Å². The van der Waals surface area contributed by atoms with Crippen molar-refractivity contribution < 1.29 is 0 Å².